The smallest absolute Gasteiger partial charge is 0.399 e. The summed E-state index contributed by atoms with van der Waals surface area (Å²) in [6.07, 6.45) is -36.9. The molecule has 0 aromatic heterocycles. The molecule has 0 bridgehead atoms. The van der Waals surface area contributed by atoms with Gasteiger partial charge in [0, 0.05) is 19.3 Å². The van der Waals surface area contributed by atoms with Crippen molar-refractivity contribution in [2.45, 2.75) is 183 Å². The molecule has 1 aliphatic rings. The van der Waals surface area contributed by atoms with Crippen LogP contribution >= 0.6 is 0 Å². The fraction of sp³-hybridized carbons (Fsp3) is 0.833. The fourth-order valence-corrected chi connectivity index (χ4v) is 13.1. The molecular weight excluding hydrogens is 1260 g/mol. The first kappa shape index (κ1) is 72.7. The Labute approximate surface area is 418 Å². The van der Waals surface area contributed by atoms with Gasteiger partial charge in [-0.2, -0.15) is 171 Å². The first-order valence-electron chi connectivity index (χ1n) is 20.4. The van der Waals surface area contributed by atoms with E-state index in [0.717, 1.165) is 0 Å². The normalized spacial score (nSPS) is 19.6. The minimum atomic E-state index is -8.94. The second kappa shape index (κ2) is 20.1. The van der Waals surface area contributed by atoms with Crippen LogP contribution < -0.4 is 5.46 Å². The zero-order valence-corrected chi connectivity index (χ0v) is 39.3. The highest BCUT2D eigenvalue weighted by Crippen LogP contribution is 2.66. The topological polar surface area (TPSA) is 18.5 Å². The van der Waals surface area contributed by atoms with Gasteiger partial charge in [0.25, 0.3) is 0 Å². The van der Waals surface area contributed by atoms with E-state index < -0.39 is 188 Å². The van der Waals surface area contributed by atoms with Gasteiger partial charge in [0.1, 0.15) is 5.82 Å². The molecule has 1 atom stereocenters. The summed E-state index contributed by atoms with van der Waals surface area (Å²) >= 11 is 0. The van der Waals surface area contributed by atoms with Crippen molar-refractivity contribution in [1.29, 1.82) is 0 Å². The highest BCUT2D eigenvalue weighted by molar-refractivity contribution is 6.80. The third kappa shape index (κ3) is 11.0. The van der Waals surface area contributed by atoms with Crippen molar-refractivity contribution < 1.29 is 185 Å². The first-order chi connectivity index (χ1) is 34.4. The Balaban J connectivity index is 3.24. The molecule has 1 unspecified atom stereocenters. The SMILES string of the molecule is CC1(C)OB(c2ccc(F)cc2)OC1(C)C[Si](CCC(F)(F)C(F)(F)C(F)(F)C(F)(F)C(F)(F)C(F)(F)F)(CCC(F)(F)C(F)(F)C(F)(F)C(F)(F)C(F)(F)C(F)(F)F)CCC(F)(F)C(F)(F)C(F)(F)C(F)(F)C(F)(F)C(F)(F)F. The van der Waals surface area contributed by atoms with Gasteiger partial charge < -0.3 is 9.31 Å². The number of hydrogen-bond donors (Lipinski definition) is 0. The van der Waals surface area contributed by atoms with Crippen LogP contribution in [0.2, 0.25) is 24.2 Å². The highest BCUT2D eigenvalue weighted by Gasteiger charge is 2.93. The van der Waals surface area contributed by atoms with Crippen LogP contribution in [0.3, 0.4) is 0 Å². The van der Waals surface area contributed by atoms with E-state index in [1.54, 1.807) is 0 Å². The third-order valence-electron chi connectivity index (χ3n) is 12.8. The molecule has 0 saturated carbocycles. The van der Waals surface area contributed by atoms with Crippen molar-refractivity contribution in [3.8, 4) is 0 Å². The van der Waals surface area contributed by atoms with E-state index in [4.69, 9.17) is 9.31 Å². The average Bonchev–Trinajstić information content (AvgIpc) is 3.48. The van der Waals surface area contributed by atoms with E-state index in [0.29, 0.717) is 38.1 Å². The summed E-state index contributed by atoms with van der Waals surface area (Å²) in [5, 5.41) is 0. The number of benzene rings is 1. The molecule has 1 aromatic carbocycles. The molecule has 1 aliphatic heterocycles. The van der Waals surface area contributed by atoms with Gasteiger partial charge >= 0.3 is 114 Å². The second-order valence-corrected chi connectivity index (χ2v) is 23.4. The van der Waals surface area contributed by atoms with E-state index in [1.807, 2.05) is 0 Å². The van der Waals surface area contributed by atoms with Crippen molar-refractivity contribution in [3.05, 3.63) is 30.1 Å². The van der Waals surface area contributed by atoms with Crippen molar-refractivity contribution >= 4 is 20.7 Å². The zero-order valence-electron chi connectivity index (χ0n) is 38.3. The van der Waals surface area contributed by atoms with Gasteiger partial charge in [-0.05, 0) is 44.4 Å². The summed E-state index contributed by atoms with van der Waals surface area (Å²) in [6, 6.07) is -10.7. The molecule has 44 heteroatoms. The van der Waals surface area contributed by atoms with Gasteiger partial charge in [-0.1, -0.05) is 30.3 Å². The Hall–Kier alpha value is -3.38. The van der Waals surface area contributed by atoms with E-state index in [1.165, 1.54) is 0 Å². The van der Waals surface area contributed by atoms with Crippen LogP contribution in [0.4, 0.5) is 176 Å². The Morgan fingerprint density at radius 2 is 0.562 bits per heavy atom. The Morgan fingerprint density at radius 1 is 0.338 bits per heavy atom. The molecule has 1 saturated heterocycles. The van der Waals surface area contributed by atoms with Crippen molar-refractivity contribution in [2.75, 3.05) is 0 Å². The summed E-state index contributed by atoms with van der Waals surface area (Å²) in [4.78, 5) is 0. The third-order valence-corrected chi connectivity index (χ3v) is 18.2. The fourth-order valence-electron chi connectivity index (χ4n) is 7.30. The standard InChI is InChI=1S/C36H27BF40O2Si/c1-17(2)18(3,79-37(78-17)15-4-6-16(38)7-5-15)14-80(11-8-19(39,40)22(45,46)25(51,52)28(57,58)31(63,64)34(69,70)71,12-9-20(41,42)23(47,48)26(53,54)29(59,60)32(65,66)35(72,73)74)13-10-21(43,44)24(49,50)27(55,56)30(61,62)33(67,68)36(75,76)77/h4-7H,8-14H2,1-3H3. The molecule has 0 aliphatic carbocycles. The van der Waals surface area contributed by atoms with Crippen LogP contribution in [0.15, 0.2) is 24.3 Å². The molecule has 0 spiro atoms. The predicted octanol–water partition coefficient (Wildman–Crippen LogP) is 16.9. The molecule has 1 heterocycles. The van der Waals surface area contributed by atoms with Gasteiger partial charge in [-0.3, -0.25) is 0 Å². The maximum atomic E-state index is 15.5. The molecule has 1 aromatic rings. The Kier molecular flexibility index (Phi) is 18.3. The van der Waals surface area contributed by atoms with Crippen LogP contribution in [-0.2, 0) is 9.31 Å². The largest absolute Gasteiger partial charge is 0.494 e. The van der Waals surface area contributed by atoms with Crippen molar-refractivity contribution in [3.63, 3.8) is 0 Å². The van der Waals surface area contributed by atoms with Crippen LogP contribution in [0, 0.1) is 5.82 Å². The van der Waals surface area contributed by atoms with Gasteiger partial charge in [0.15, 0.2) is 0 Å². The summed E-state index contributed by atoms with van der Waals surface area (Å²) in [5.74, 6) is -130. The van der Waals surface area contributed by atoms with Crippen LogP contribution in [0.5, 0.6) is 0 Å². The number of halogens is 40. The van der Waals surface area contributed by atoms with Gasteiger partial charge in [0.05, 0.1) is 19.3 Å². The molecule has 0 N–H and O–H groups in total. The van der Waals surface area contributed by atoms with E-state index in [-0.39, 0.29) is 6.92 Å². The summed E-state index contributed by atoms with van der Waals surface area (Å²) < 4.78 is 575. The first-order valence-corrected chi connectivity index (χ1v) is 23.2. The van der Waals surface area contributed by atoms with E-state index in [2.05, 4.69) is 0 Å². The minimum Gasteiger partial charge on any atom is -0.399 e. The Morgan fingerprint density at radius 3 is 0.787 bits per heavy atom. The molecule has 80 heavy (non-hydrogen) atoms. The van der Waals surface area contributed by atoms with E-state index in [9.17, 15) is 149 Å². The van der Waals surface area contributed by atoms with Gasteiger partial charge in [-0.25, -0.2) is 4.39 Å². The molecule has 0 radical (unpaired) electrons. The minimum absolute atomic E-state index is 0.167. The molecule has 2 nitrogen and oxygen atoms in total. The lowest BCUT2D eigenvalue weighted by atomic mass is 9.79. The number of hydrogen-bond acceptors (Lipinski definition) is 2. The summed E-state index contributed by atoms with van der Waals surface area (Å²) in [5.41, 5.74) is -6.85. The van der Waals surface area contributed by atoms with Crippen LogP contribution in [0.25, 0.3) is 0 Å². The summed E-state index contributed by atoms with van der Waals surface area (Å²) in [7, 11) is -9.64. The molecule has 470 valence electrons. The lowest BCUT2D eigenvalue weighted by Crippen LogP contribution is -2.70. The second-order valence-electron chi connectivity index (χ2n) is 18.5. The highest BCUT2D eigenvalue weighted by atomic mass is 28.3. The Bertz CT molecular complexity index is 2130. The maximum Gasteiger partial charge on any atom is 0.494 e. The van der Waals surface area contributed by atoms with Crippen LogP contribution in [0.1, 0.15) is 40.0 Å². The number of rotatable bonds is 24. The lowest BCUT2D eigenvalue weighted by molar-refractivity contribution is -0.440. The monoisotopic (exact) mass is 1290 g/mol. The maximum absolute atomic E-state index is 15.5. The van der Waals surface area contributed by atoms with Gasteiger partial charge in [-0.15, -0.1) is 0 Å². The van der Waals surface area contributed by atoms with E-state index >= 15 is 26.3 Å². The molecule has 0 amide bonds. The molecule has 1 fully saturated rings. The molecule has 2 rings (SSSR count). The van der Waals surface area contributed by atoms with Crippen LogP contribution in [-0.4, -0.2) is 134 Å². The zero-order chi connectivity index (χ0) is 64.4. The van der Waals surface area contributed by atoms with Crippen molar-refractivity contribution in [2.24, 2.45) is 0 Å². The quantitative estimate of drug-likeness (QED) is 0.0759. The van der Waals surface area contributed by atoms with Gasteiger partial charge in [0.2, 0.25) is 0 Å². The number of alkyl halides is 39. The molecular formula is C36H27BF40O2Si. The average molecular weight is 1290 g/mol. The lowest BCUT2D eigenvalue weighted by Gasteiger charge is -2.47. The van der Waals surface area contributed by atoms with Crippen molar-refractivity contribution in [1.82, 2.24) is 0 Å². The predicted molar refractivity (Wildman–Crippen MR) is 188 cm³/mol. The summed E-state index contributed by atoms with van der Waals surface area (Å²) in [6.45, 7) is 1.06.